The van der Waals surface area contributed by atoms with Gasteiger partial charge in [0.1, 0.15) is 5.82 Å². The van der Waals surface area contributed by atoms with Crippen LogP contribution in [0.1, 0.15) is 41.7 Å². The zero-order chi connectivity index (χ0) is 16.1. The fourth-order valence-electron chi connectivity index (χ4n) is 2.67. The molecule has 0 aliphatic heterocycles. The summed E-state index contributed by atoms with van der Waals surface area (Å²) in [7, 11) is 0. The highest BCUT2D eigenvalue weighted by molar-refractivity contribution is 6.02. The van der Waals surface area contributed by atoms with Gasteiger partial charge in [-0.1, -0.05) is 18.9 Å². The number of rotatable bonds is 4. The van der Waals surface area contributed by atoms with Crippen molar-refractivity contribution in [2.24, 2.45) is 0 Å². The number of hydrogen-bond donors (Lipinski definition) is 2. The molecule has 0 radical (unpaired) electrons. The normalized spacial score (nSPS) is 14.2. The number of amides is 1. The van der Waals surface area contributed by atoms with Gasteiger partial charge < -0.3 is 10.6 Å². The molecule has 2 N–H and O–H groups in total. The summed E-state index contributed by atoms with van der Waals surface area (Å²) in [5, 5.41) is 22.9. The lowest BCUT2D eigenvalue weighted by atomic mass is 10.2. The van der Waals surface area contributed by atoms with Crippen molar-refractivity contribution in [1.29, 1.82) is 5.26 Å². The molecule has 0 atom stereocenters. The highest BCUT2D eigenvalue weighted by atomic mass is 16.1. The first-order valence-corrected chi connectivity index (χ1v) is 7.66. The molecule has 1 fully saturated rings. The van der Waals surface area contributed by atoms with E-state index in [2.05, 4.69) is 20.8 Å². The summed E-state index contributed by atoms with van der Waals surface area (Å²) in [6.45, 7) is 0. The SMILES string of the molecule is N#Cc1cccc(NC(=O)c2ccc(NC3CCCC3)nn2)c1. The summed E-state index contributed by atoms with van der Waals surface area (Å²) in [5.41, 5.74) is 1.29. The zero-order valence-electron chi connectivity index (χ0n) is 12.6. The average Bonchev–Trinajstić information content (AvgIpc) is 3.08. The van der Waals surface area contributed by atoms with Crippen molar-refractivity contribution in [3.63, 3.8) is 0 Å². The summed E-state index contributed by atoms with van der Waals surface area (Å²) >= 11 is 0. The number of carbonyl (C=O) groups is 1. The Kier molecular flexibility index (Phi) is 4.48. The van der Waals surface area contributed by atoms with Crippen LogP contribution in [-0.4, -0.2) is 22.1 Å². The maximum Gasteiger partial charge on any atom is 0.276 e. The van der Waals surface area contributed by atoms with Crippen molar-refractivity contribution in [3.05, 3.63) is 47.7 Å². The third-order valence-corrected chi connectivity index (χ3v) is 3.85. The average molecular weight is 307 g/mol. The van der Waals surface area contributed by atoms with Crippen molar-refractivity contribution in [2.45, 2.75) is 31.7 Å². The second kappa shape index (κ2) is 6.88. The first-order valence-electron chi connectivity index (χ1n) is 7.66. The van der Waals surface area contributed by atoms with Gasteiger partial charge in [-0.05, 0) is 43.2 Å². The number of carbonyl (C=O) groups excluding carboxylic acids is 1. The van der Waals surface area contributed by atoms with Crippen LogP contribution in [0, 0.1) is 11.3 Å². The summed E-state index contributed by atoms with van der Waals surface area (Å²) < 4.78 is 0. The Labute approximate surface area is 134 Å². The van der Waals surface area contributed by atoms with Gasteiger partial charge in [0.05, 0.1) is 11.6 Å². The Morgan fingerprint density at radius 1 is 1.17 bits per heavy atom. The fraction of sp³-hybridized carbons (Fsp3) is 0.294. The second-order valence-electron chi connectivity index (χ2n) is 5.58. The van der Waals surface area contributed by atoms with E-state index in [1.807, 2.05) is 6.07 Å². The quantitative estimate of drug-likeness (QED) is 0.906. The van der Waals surface area contributed by atoms with Gasteiger partial charge in [-0.25, -0.2) is 0 Å². The molecule has 6 heteroatoms. The second-order valence-corrected chi connectivity index (χ2v) is 5.58. The van der Waals surface area contributed by atoms with Gasteiger partial charge in [0.2, 0.25) is 0 Å². The van der Waals surface area contributed by atoms with E-state index in [1.54, 1.807) is 36.4 Å². The molecule has 23 heavy (non-hydrogen) atoms. The summed E-state index contributed by atoms with van der Waals surface area (Å²) in [4.78, 5) is 12.2. The number of anilines is 2. The number of nitriles is 1. The Bertz CT molecular complexity index is 729. The monoisotopic (exact) mass is 307 g/mol. The third-order valence-electron chi connectivity index (χ3n) is 3.85. The molecule has 6 nitrogen and oxygen atoms in total. The van der Waals surface area contributed by atoms with E-state index in [-0.39, 0.29) is 11.6 Å². The van der Waals surface area contributed by atoms with E-state index < -0.39 is 0 Å². The molecule has 0 bridgehead atoms. The van der Waals surface area contributed by atoms with Gasteiger partial charge in [-0.15, -0.1) is 10.2 Å². The summed E-state index contributed by atoms with van der Waals surface area (Å²) in [6.07, 6.45) is 4.79. The molecule has 1 heterocycles. The molecule has 2 aromatic rings. The van der Waals surface area contributed by atoms with Crippen LogP contribution in [0.5, 0.6) is 0 Å². The topological polar surface area (TPSA) is 90.7 Å². The Balaban J connectivity index is 1.64. The molecule has 116 valence electrons. The lowest BCUT2D eigenvalue weighted by Crippen LogP contribution is -2.18. The van der Waals surface area contributed by atoms with Crippen LogP contribution < -0.4 is 10.6 Å². The van der Waals surface area contributed by atoms with Crippen LogP contribution in [0.4, 0.5) is 11.5 Å². The zero-order valence-corrected chi connectivity index (χ0v) is 12.6. The maximum absolute atomic E-state index is 12.2. The van der Waals surface area contributed by atoms with Crippen LogP contribution in [0.3, 0.4) is 0 Å². The Morgan fingerprint density at radius 2 is 2.00 bits per heavy atom. The van der Waals surface area contributed by atoms with Crippen molar-refractivity contribution >= 4 is 17.4 Å². The van der Waals surface area contributed by atoms with E-state index in [0.29, 0.717) is 23.1 Å². The van der Waals surface area contributed by atoms with Gasteiger partial charge >= 0.3 is 0 Å². The van der Waals surface area contributed by atoms with Crippen LogP contribution in [0.2, 0.25) is 0 Å². The van der Waals surface area contributed by atoms with Crippen molar-refractivity contribution in [1.82, 2.24) is 10.2 Å². The van der Waals surface area contributed by atoms with E-state index in [9.17, 15) is 4.79 Å². The van der Waals surface area contributed by atoms with Crippen molar-refractivity contribution in [3.8, 4) is 6.07 Å². The van der Waals surface area contributed by atoms with Crippen LogP contribution >= 0.6 is 0 Å². The summed E-state index contributed by atoms with van der Waals surface area (Å²) in [6, 6.07) is 12.6. The minimum absolute atomic E-state index is 0.240. The predicted octanol–water partition coefficient (Wildman–Crippen LogP) is 2.96. The number of nitrogens with zero attached hydrogens (tertiary/aromatic N) is 3. The van der Waals surface area contributed by atoms with Crippen molar-refractivity contribution in [2.75, 3.05) is 10.6 Å². The van der Waals surface area contributed by atoms with Gasteiger partial charge in [0.25, 0.3) is 5.91 Å². The highest BCUT2D eigenvalue weighted by Crippen LogP contribution is 2.21. The molecule has 1 amide bonds. The molecule has 0 spiro atoms. The molecule has 0 saturated heterocycles. The van der Waals surface area contributed by atoms with E-state index >= 15 is 0 Å². The smallest absolute Gasteiger partial charge is 0.276 e. The van der Waals surface area contributed by atoms with Gasteiger partial charge in [0.15, 0.2) is 5.69 Å². The molecular weight excluding hydrogens is 290 g/mol. The van der Waals surface area contributed by atoms with Gasteiger partial charge in [-0.3, -0.25) is 4.79 Å². The molecule has 1 aromatic heterocycles. The molecule has 1 saturated carbocycles. The van der Waals surface area contributed by atoms with Crippen LogP contribution in [0.15, 0.2) is 36.4 Å². The molecule has 3 rings (SSSR count). The van der Waals surface area contributed by atoms with Crippen molar-refractivity contribution < 1.29 is 4.79 Å². The van der Waals surface area contributed by atoms with Crippen LogP contribution in [-0.2, 0) is 0 Å². The Morgan fingerprint density at radius 3 is 2.70 bits per heavy atom. The van der Waals surface area contributed by atoms with E-state index in [4.69, 9.17) is 5.26 Å². The number of nitrogens with one attached hydrogen (secondary N) is 2. The number of hydrogen-bond acceptors (Lipinski definition) is 5. The minimum atomic E-state index is -0.347. The molecule has 1 aliphatic carbocycles. The Hall–Kier alpha value is -2.94. The number of benzene rings is 1. The lowest BCUT2D eigenvalue weighted by molar-refractivity contribution is 0.102. The first-order chi connectivity index (χ1) is 11.2. The largest absolute Gasteiger partial charge is 0.366 e. The lowest BCUT2D eigenvalue weighted by Gasteiger charge is -2.11. The van der Waals surface area contributed by atoms with Gasteiger partial charge in [-0.2, -0.15) is 5.26 Å². The molecule has 1 aromatic carbocycles. The summed E-state index contributed by atoms with van der Waals surface area (Å²) in [5.74, 6) is 0.347. The molecule has 1 aliphatic rings. The fourth-order valence-corrected chi connectivity index (χ4v) is 2.67. The minimum Gasteiger partial charge on any atom is -0.366 e. The highest BCUT2D eigenvalue weighted by Gasteiger charge is 2.15. The van der Waals surface area contributed by atoms with Crippen LogP contribution in [0.25, 0.3) is 0 Å². The maximum atomic E-state index is 12.2. The van der Waals surface area contributed by atoms with E-state index in [1.165, 1.54) is 12.8 Å². The molecular formula is C17H17N5O. The van der Waals surface area contributed by atoms with E-state index in [0.717, 1.165) is 12.8 Å². The standard InChI is InChI=1S/C17H17N5O/c18-11-12-4-3-7-14(10-12)20-17(23)15-8-9-16(22-21-15)19-13-5-1-2-6-13/h3-4,7-10,13H,1-2,5-6H2,(H,19,22)(H,20,23). The third kappa shape index (κ3) is 3.83. The molecule has 0 unspecified atom stereocenters. The first kappa shape index (κ1) is 15.0. The predicted molar refractivity (Wildman–Crippen MR) is 87.0 cm³/mol. The van der Waals surface area contributed by atoms with Gasteiger partial charge in [0, 0.05) is 11.7 Å². The number of aromatic nitrogens is 2.